The summed E-state index contributed by atoms with van der Waals surface area (Å²) >= 11 is 0. The molecule has 3 aromatic carbocycles. The number of hydrogen-bond donors (Lipinski definition) is 1. The van der Waals surface area contributed by atoms with Crippen LogP contribution in [0, 0.1) is 0 Å². The average Bonchev–Trinajstić information content (AvgIpc) is 2.90. The zero-order chi connectivity index (χ0) is 23.2. The van der Waals surface area contributed by atoms with Crippen LogP contribution in [-0.2, 0) is 9.47 Å². The summed E-state index contributed by atoms with van der Waals surface area (Å²) in [5, 5.41) is 2.77. The second-order valence-electron chi connectivity index (χ2n) is 8.62. The molecular weight excluding hydrogens is 426 g/mol. The Morgan fingerprint density at radius 1 is 0.882 bits per heavy atom. The van der Waals surface area contributed by atoms with E-state index in [0.29, 0.717) is 18.1 Å². The van der Waals surface area contributed by atoms with Gasteiger partial charge in [0, 0.05) is 30.0 Å². The number of para-hydroxylation sites is 1. The van der Waals surface area contributed by atoms with Gasteiger partial charge in [0.25, 0.3) is 0 Å². The van der Waals surface area contributed by atoms with Gasteiger partial charge < -0.3 is 14.4 Å². The highest BCUT2D eigenvalue weighted by Crippen LogP contribution is 2.30. The predicted molar refractivity (Wildman–Crippen MR) is 135 cm³/mol. The molecule has 3 aromatic rings. The number of anilines is 2. The first-order valence-electron chi connectivity index (χ1n) is 11.9. The Labute approximate surface area is 200 Å². The zero-order valence-electron chi connectivity index (χ0n) is 19.1. The summed E-state index contributed by atoms with van der Waals surface area (Å²) in [6.45, 7) is 2.54. The molecule has 0 bridgehead atoms. The van der Waals surface area contributed by atoms with Crippen LogP contribution in [0.25, 0.3) is 0 Å². The number of hydrogen-bond acceptors (Lipinski definition) is 5. The summed E-state index contributed by atoms with van der Waals surface area (Å²) in [6, 6.07) is 27.5. The lowest BCUT2D eigenvalue weighted by atomic mass is 10.0. The van der Waals surface area contributed by atoms with E-state index in [1.807, 2.05) is 60.7 Å². The Morgan fingerprint density at radius 2 is 1.56 bits per heavy atom. The summed E-state index contributed by atoms with van der Waals surface area (Å²) in [6.07, 6.45) is 2.29. The molecule has 2 heterocycles. The molecule has 6 nitrogen and oxygen atoms in total. The van der Waals surface area contributed by atoms with Crippen LogP contribution in [0.5, 0.6) is 0 Å². The van der Waals surface area contributed by atoms with Gasteiger partial charge >= 0.3 is 6.09 Å². The lowest BCUT2D eigenvalue weighted by Crippen LogP contribution is -2.37. The lowest BCUT2D eigenvalue weighted by molar-refractivity contribution is 0.00996. The van der Waals surface area contributed by atoms with Crippen LogP contribution >= 0.6 is 0 Å². The second kappa shape index (κ2) is 10.4. The first-order chi connectivity index (χ1) is 16.8. The Balaban J connectivity index is 1.32. The Morgan fingerprint density at radius 3 is 2.26 bits per heavy atom. The van der Waals surface area contributed by atoms with E-state index in [1.165, 1.54) is 24.9 Å². The SMILES string of the molecule is O=C(Nc1ccccc1)OC1CN=C(c2ccc(N3CCCCC3)cc2)OC1c1ccccc1. The van der Waals surface area contributed by atoms with Crippen molar-refractivity contribution in [1.29, 1.82) is 0 Å². The van der Waals surface area contributed by atoms with E-state index in [9.17, 15) is 4.79 Å². The number of ether oxygens (including phenoxy) is 2. The van der Waals surface area contributed by atoms with Gasteiger partial charge in [0.15, 0.2) is 12.2 Å². The van der Waals surface area contributed by atoms with Crippen molar-refractivity contribution in [1.82, 2.24) is 0 Å². The van der Waals surface area contributed by atoms with Gasteiger partial charge in [-0.25, -0.2) is 9.79 Å². The van der Waals surface area contributed by atoms with Crippen molar-refractivity contribution in [3.63, 3.8) is 0 Å². The van der Waals surface area contributed by atoms with Crippen molar-refractivity contribution in [3.05, 3.63) is 96.1 Å². The fraction of sp³-hybridized carbons (Fsp3) is 0.286. The van der Waals surface area contributed by atoms with Crippen molar-refractivity contribution >= 4 is 23.4 Å². The van der Waals surface area contributed by atoms with E-state index in [1.54, 1.807) is 0 Å². The number of nitrogens with one attached hydrogen (secondary N) is 1. The number of rotatable bonds is 5. The van der Waals surface area contributed by atoms with E-state index in [-0.39, 0.29) is 0 Å². The van der Waals surface area contributed by atoms with Gasteiger partial charge in [0.1, 0.15) is 0 Å². The fourth-order valence-corrected chi connectivity index (χ4v) is 4.46. The molecule has 2 aliphatic rings. The van der Waals surface area contributed by atoms with Crippen LogP contribution in [0.3, 0.4) is 0 Å². The van der Waals surface area contributed by atoms with Crippen LogP contribution in [0.2, 0.25) is 0 Å². The van der Waals surface area contributed by atoms with Gasteiger partial charge in [-0.3, -0.25) is 5.32 Å². The Bertz CT molecular complexity index is 1110. The van der Waals surface area contributed by atoms with Gasteiger partial charge in [0.05, 0.1) is 6.54 Å². The van der Waals surface area contributed by atoms with Gasteiger partial charge in [-0.15, -0.1) is 0 Å². The maximum atomic E-state index is 12.6. The highest BCUT2D eigenvalue weighted by Gasteiger charge is 2.33. The number of piperidine rings is 1. The van der Waals surface area contributed by atoms with Crippen molar-refractivity contribution in [2.75, 3.05) is 29.9 Å². The molecule has 1 fully saturated rings. The third-order valence-corrected chi connectivity index (χ3v) is 6.23. The standard InChI is InChI=1S/C28H29N3O3/c32-28(30-23-12-6-2-7-13-23)33-25-20-29-27(34-26(25)21-10-4-1-5-11-21)22-14-16-24(17-15-22)31-18-8-3-9-19-31/h1-2,4-7,10-17,25-26H,3,8-9,18-20H2,(H,30,32). The van der Waals surface area contributed by atoms with E-state index < -0.39 is 18.3 Å². The molecule has 5 rings (SSSR count). The molecule has 0 radical (unpaired) electrons. The fourth-order valence-electron chi connectivity index (χ4n) is 4.46. The number of amides is 1. The first-order valence-corrected chi connectivity index (χ1v) is 11.9. The van der Waals surface area contributed by atoms with Crippen molar-refractivity contribution < 1.29 is 14.3 Å². The second-order valence-corrected chi connectivity index (χ2v) is 8.62. The highest BCUT2D eigenvalue weighted by molar-refractivity contribution is 5.95. The minimum absolute atomic E-state index is 0.324. The molecule has 6 heteroatoms. The van der Waals surface area contributed by atoms with E-state index in [0.717, 1.165) is 24.2 Å². The number of aliphatic imine (C=N–C) groups is 1. The summed E-state index contributed by atoms with van der Waals surface area (Å²) < 4.78 is 12.1. The molecule has 2 atom stereocenters. The largest absolute Gasteiger partial charge is 0.465 e. The van der Waals surface area contributed by atoms with E-state index >= 15 is 0 Å². The normalized spacial score (nSPS) is 20.1. The highest BCUT2D eigenvalue weighted by atomic mass is 16.6. The van der Waals surface area contributed by atoms with E-state index in [4.69, 9.17) is 9.47 Å². The number of carbonyl (C=O) groups is 1. The predicted octanol–water partition coefficient (Wildman–Crippen LogP) is 5.81. The minimum Gasteiger partial charge on any atom is -0.465 e. The van der Waals surface area contributed by atoms with Crippen LogP contribution in [-0.4, -0.2) is 37.7 Å². The molecule has 2 aliphatic heterocycles. The number of nitrogens with zero attached hydrogens (tertiary/aromatic N) is 2. The van der Waals surface area contributed by atoms with Gasteiger partial charge in [0.2, 0.25) is 5.90 Å². The van der Waals surface area contributed by atoms with Crippen molar-refractivity contribution in [3.8, 4) is 0 Å². The zero-order valence-corrected chi connectivity index (χ0v) is 19.1. The summed E-state index contributed by atoms with van der Waals surface area (Å²) in [5.41, 5.74) is 3.78. The van der Waals surface area contributed by atoms with Crippen molar-refractivity contribution in [2.45, 2.75) is 31.5 Å². The lowest BCUT2D eigenvalue weighted by Gasteiger charge is -2.32. The van der Waals surface area contributed by atoms with Crippen molar-refractivity contribution in [2.24, 2.45) is 4.99 Å². The minimum atomic E-state index is -0.539. The Hall–Kier alpha value is -3.80. The maximum Gasteiger partial charge on any atom is 0.412 e. The number of benzene rings is 3. The molecule has 34 heavy (non-hydrogen) atoms. The third-order valence-electron chi connectivity index (χ3n) is 6.23. The molecule has 1 saturated heterocycles. The summed E-state index contributed by atoms with van der Waals surface area (Å²) in [7, 11) is 0. The Kier molecular flexibility index (Phi) is 6.75. The number of carbonyl (C=O) groups excluding carboxylic acids is 1. The maximum absolute atomic E-state index is 12.6. The summed E-state index contributed by atoms with van der Waals surface area (Å²) in [4.78, 5) is 19.6. The van der Waals surface area contributed by atoms with Gasteiger partial charge in [-0.05, 0) is 61.2 Å². The van der Waals surface area contributed by atoms with Gasteiger partial charge in [-0.2, -0.15) is 0 Å². The first kappa shape index (κ1) is 22.0. The smallest absolute Gasteiger partial charge is 0.412 e. The molecule has 0 spiro atoms. The van der Waals surface area contributed by atoms with Gasteiger partial charge in [-0.1, -0.05) is 48.5 Å². The molecule has 0 saturated carbocycles. The van der Waals surface area contributed by atoms with E-state index in [2.05, 4.69) is 39.5 Å². The van der Waals surface area contributed by atoms with Crippen LogP contribution < -0.4 is 10.2 Å². The molecule has 174 valence electrons. The van der Waals surface area contributed by atoms with Crippen LogP contribution in [0.15, 0.2) is 89.9 Å². The molecular formula is C28H29N3O3. The monoisotopic (exact) mass is 455 g/mol. The average molecular weight is 456 g/mol. The quantitative estimate of drug-likeness (QED) is 0.527. The molecule has 1 amide bonds. The third kappa shape index (κ3) is 5.22. The summed E-state index contributed by atoms with van der Waals surface area (Å²) in [5.74, 6) is 0.572. The molecule has 2 unspecified atom stereocenters. The van der Waals surface area contributed by atoms with Crippen LogP contribution in [0.1, 0.15) is 36.5 Å². The molecule has 1 N–H and O–H groups in total. The molecule has 0 aliphatic carbocycles. The molecule has 0 aromatic heterocycles. The van der Waals surface area contributed by atoms with Crippen LogP contribution in [0.4, 0.5) is 16.2 Å². The topological polar surface area (TPSA) is 63.2 Å².